The van der Waals surface area contributed by atoms with Gasteiger partial charge in [0.15, 0.2) is 0 Å². The number of amides is 11. The molecule has 520 valence electrons. The minimum absolute atomic E-state index is 0.0232. The van der Waals surface area contributed by atoms with Crippen LogP contribution in [0.15, 0.2) is 12.2 Å². The molecule has 0 saturated carbocycles. The number of hydrogen-bond acceptors (Lipinski definition) is 14. The predicted octanol–water partition coefficient (Wildman–Crippen LogP) is 3.85. The lowest BCUT2D eigenvalue weighted by molar-refractivity contribution is -0.164. The highest BCUT2D eigenvalue weighted by Crippen LogP contribution is 2.27. The third-order valence-corrected chi connectivity index (χ3v) is 17.4. The fourth-order valence-electron chi connectivity index (χ4n) is 11.6. The van der Waals surface area contributed by atoms with Crippen LogP contribution in [-0.4, -0.2) is 241 Å². The Morgan fingerprint density at radius 2 is 0.945 bits per heavy atom. The first kappa shape index (κ1) is 82.4. The van der Waals surface area contributed by atoms with Gasteiger partial charge in [-0.15, -0.1) is 0 Å². The summed E-state index contributed by atoms with van der Waals surface area (Å²) in [4.78, 5) is 185. The van der Waals surface area contributed by atoms with E-state index < -0.39 is 167 Å². The number of rotatable bonds is 18. The lowest BCUT2D eigenvalue weighted by Crippen LogP contribution is -2.64. The Morgan fingerprint density at radius 1 is 0.495 bits per heavy atom. The number of nitrogens with one attached hydrogen (secondary N) is 4. The SMILES string of the molecule is CC=CCC(C)C(OC(C)=O)C1C(=O)NC(CC)C(=O)N(C)C(C)C(=O)N(C)C(C(C)CCOC)C(=O)NC(C(C)C)C(=O)N(C)C(CC(C)C)C(=O)NC(C)C(=O)NC(C)C(=O)N(C)C(CC(C)C)C(=O)N(C)C(CC(C)C)C(=O)N(C)C(C(C)C)C(=O)N1C. The van der Waals surface area contributed by atoms with Crippen molar-refractivity contribution in [3.63, 3.8) is 0 Å². The van der Waals surface area contributed by atoms with Crippen molar-refractivity contribution < 1.29 is 67.0 Å². The van der Waals surface area contributed by atoms with Crippen molar-refractivity contribution in [1.29, 1.82) is 0 Å². The number of hydrogen-bond donors (Lipinski definition) is 4. The van der Waals surface area contributed by atoms with Crippen LogP contribution in [0.2, 0.25) is 0 Å². The van der Waals surface area contributed by atoms with Gasteiger partial charge in [0.1, 0.15) is 72.6 Å². The monoisotopic (exact) mass is 1290 g/mol. The van der Waals surface area contributed by atoms with Gasteiger partial charge in [0, 0.05) is 70.0 Å². The molecule has 1 saturated heterocycles. The second-order valence-electron chi connectivity index (χ2n) is 27.1. The Bertz CT molecular complexity index is 2520. The molecule has 1 fully saturated rings. The van der Waals surface area contributed by atoms with E-state index in [2.05, 4.69) is 21.3 Å². The van der Waals surface area contributed by atoms with E-state index in [9.17, 15) is 38.4 Å². The molecule has 0 aromatic rings. The number of allylic oxidation sites excluding steroid dienone is 2. The van der Waals surface area contributed by atoms with Crippen LogP contribution in [0, 0.1) is 41.4 Å². The number of carbonyl (C=O) groups is 12. The van der Waals surface area contributed by atoms with Gasteiger partial charge in [0.25, 0.3) is 0 Å². The highest BCUT2D eigenvalue weighted by atomic mass is 16.5. The van der Waals surface area contributed by atoms with Crippen molar-refractivity contribution in [2.45, 2.75) is 236 Å². The van der Waals surface area contributed by atoms with Gasteiger partial charge in [0.05, 0.1) is 0 Å². The zero-order valence-electron chi connectivity index (χ0n) is 59.9. The molecule has 1 rings (SSSR count). The van der Waals surface area contributed by atoms with E-state index in [0.717, 1.165) is 9.80 Å². The van der Waals surface area contributed by atoms with Gasteiger partial charge in [-0.2, -0.15) is 0 Å². The van der Waals surface area contributed by atoms with Crippen molar-refractivity contribution in [2.75, 3.05) is 63.1 Å². The van der Waals surface area contributed by atoms with Crippen LogP contribution in [0.5, 0.6) is 0 Å². The van der Waals surface area contributed by atoms with Crippen molar-refractivity contribution in [3.8, 4) is 0 Å². The molecule has 91 heavy (non-hydrogen) atoms. The molecule has 0 bridgehead atoms. The van der Waals surface area contributed by atoms with Crippen LogP contribution < -0.4 is 21.3 Å². The van der Waals surface area contributed by atoms with Crippen molar-refractivity contribution in [2.24, 2.45) is 41.4 Å². The first-order chi connectivity index (χ1) is 42.1. The maximum Gasteiger partial charge on any atom is 0.303 e. The Hall–Kier alpha value is -6.66. The first-order valence-corrected chi connectivity index (χ1v) is 32.4. The molecule has 0 aliphatic carbocycles. The quantitative estimate of drug-likeness (QED) is 0.112. The molecule has 0 aromatic heterocycles. The topological polar surface area (TPSA) is 294 Å². The Kier molecular flexibility index (Phi) is 34.2. The van der Waals surface area contributed by atoms with Crippen molar-refractivity contribution in [1.82, 2.24) is 55.6 Å². The second kappa shape index (κ2) is 37.8. The molecule has 0 aromatic carbocycles. The molecule has 11 amide bonds. The van der Waals surface area contributed by atoms with E-state index >= 15 is 19.2 Å². The van der Waals surface area contributed by atoms with E-state index in [1.807, 2.05) is 47.6 Å². The van der Waals surface area contributed by atoms with Crippen LogP contribution in [0.25, 0.3) is 0 Å². The fraction of sp³-hybridized carbons (Fsp3) is 0.788. The number of likely N-dealkylation sites (N-methyl/N-ethyl adjacent to an activating group) is 7. The predicted molar refractivity (Wildman–Crippen MR) is 349 cm³/mol. The zero-order valence-corrected chi connectivity index (χ0v) is 59.9. The molecule has 14 unspecified atom stereocenters. The molecule has 0 radical (unpaired) electrons. The van der Waals surface area contributed by atoms with Crippen LogP contribution in [0.3, 0.4) is 0 Å². The number of methoxy groups -OCH3 is 1. The summed E-state index contributed by atoms with van der Waals surface area (Å²) >= 11 is 0. The summed E-state index contributed by atoms with van der Waals surface area (Å²) < 4.78 is 11.3. The van der Waals surface area contributed by atoms with E-state index in [0.29, 0.717) is 0 Å². The summed E-state index contributed by atoms with van der Waals surface area (Å²) in [6.45, 7) is 30.6. The lowest BCUT2D eigenvalue weighted by Gasteiger charge is -2.42. The van der Waals surface area contributed by atoms with Gasteiger partial charge < -0.3 is 65.0 Å². The van der Waals surface area contributed by atoms with Crippen LogP contribution in [0.4, 0.5) is 0 Å². The largest absolute Gasteiger partial charge is 0.459 e. The van der Waals surface area contributed by atoms with E-state index in [1.165, 1.54) is 109 Å². The maximum atomic E-state index is 15.5. The average Bonchev–Trinajstić information content (AvgIpc) is 1.55. The van der Waals surface area contributed by atoms with Gasteiger partial charge in [-0.25, -0.2) is 0 Å². The Labute approximate surface area is 543 Å². The summed E-state index contributed by atoms with van der Waals surface area (Å²) in [5.41, 5.74) is 0. The number of carbonyl (C=O) groups excluding carboxylic acids is 12. The lowest BCUT2D eigenvalue weighted by atomic mass is 9.91. The molecule has 4 N–H and O–H groups in total. The number of ether oxygens (including phenoxy) is 2. The van der Waals surface area contributed by atoms with E-state index in [4.69, 9.17) is 9.47 Å². The van der Waals surface area contributed by atoms with Gasteiger partial charge in [0.2, 0.25) is 65.0 Å². The molecule has 1 aliphatic heterocycles. The molecule has 0 spiro atoms. The van der Waals surface area contributed by atoms with E-state index in [-0.39, 0.29) is 62.9 Å². The molecule has 25 nitrogen and oxygen atoms in total. The summed E-state index contributed by atoms with van der Waals surface area (Å²) in [6, 6.07) is -14.0. The summed E-state index contributed by atoms with van der Waals surface area (Å²) in [7, 11) is 11.4. The molecule has 1 heterocycles. The highest BCUT2D eigenvalue weighted by Gasteiger charge is 2.47. The van der Waals surface area contributed by atoms with Gasteiger partial charge in [-0.3, -0.25) is 57.5 Å². The molecule has 25 heteroatoms. The smallest absolute Gasteiger partial charge is 0.303 e. The third kappa shape index (κ3) is 22.9. The van der Waals surface area contributed by atoms with Crippen molar-refractivity contribution >= 4 is 70.9 Å². The Morgan fingerprint density at radius 3 is 1.41 bits per heavy atom. The summed E-state index contributed by atoms with van der Waals surface area (Å²) in [6.07, 6.45) is 3.21. The average molecular weight is 1290 g/mol. The third-order valence-electron chi connectivity index (χ3n) is 17.4. The van der Waals surface area contributed by atoms with Gasteiger partial charge >= 0.3 is 5.97 Å². The van der Waals surface area contributed by atoms with Crippen LogP contribution in [-0.2, 0) is 67.0 Å². The van der Waals surface area contributed by atoms with Crippen LogP contribution >= 0.6 is 0 Å². The summed E-state index contributed by atoms with van der Waals surface area (Å²) in [5, 5.41) is 11.1. The van der Waals surface area contributed by atoms with Gasteiger partial charge in [-0.1, -0.05) is 102 Å². The normalized spacial score (nSPS) is 27.0. The van der Waals surface area contributed by atoms with E-state index in [1.54, 1.807) is 61.5 Å². The maximum absolute atomic E-state index is 15.5. The fourth-order valence-corrected chi connectivity index (χ4v) is 11.6. The minimum atomic E-state index is -1.62. The first-order valence-electron chi connectivity index (χ1n) is 32.4. The second-order valence-corrected chi connectivity index (χ2v) is 27.1. The molecule has 1 aliphatic rings. The standard InChI is InChI=1S/C66H117N11O14/c1-27-29-30-42(14)55(91-46(18)78)54-59(82)69-47(28-2)62(85)71(19)45(17)61(84)76(24)53(41(13)31-32-90-26)58(81)70-51(39(9)10)65(88)72(20)48(33-36(3)4)57(80)67-43(15)56(79)68-44(16)60(83)73(21)49(34-37(5)6)63(86)74(22)50(35-38(7)8)64(87)75(23)52(40(11)12)66(89)77(54)25/h27,29,36-45,47-55H,28,30-35H2,1-26H3,(H,67,80)(H,68,79)(H,69,82)(H,70,81). The molecule has 14 atom stereocenters. The van der Waals surface area contributed by atoms with Crippen LogP contribution in [0.1, 0.15) is 163 Å². The molecular formula is C66H117N11O14. The molecular weight excluding hydrogens is 1170 g/mol. The highest BCUT2D eigenvalue weighted by molar-refractivity contribution is 6.00. The minimum Gasteiger partial charge on any atom is -0.459 e. The van der Waals surface area contributed by atoms with Gasteiger partial charge in [-0.05, 0) is 108 Å². The van der Waals surface area contributed by atoms with Crippen molar-refractivity contribution in [3.05, 3.63) is 12.2 Å². The Balaban J connectivity index is 4.53. The zero-order chi connectivity index (χ0) is 70.5. The number of nitrogens with zero attached hydrogens (tertiary/aromatic N) is 7. The summed E-state index contributed by atoms with van der Waals surface area (Å²) in [5.74, 6) is -11.4. The number of esters is 1.